The lowest BCUT2D eigenvalue weighted by Gasteiger charge is -2.05. The number of amides is 2. The Morgan fingerprint density at radius 2 is 1.47 bits per heavy atom. The Morgan fingerprint density at radius 3 is 2.25 bits per heavy atom. The molecule has 0 aliphatic carbocycles. The summed E-state index contributed by atoms with van der Waals surface area (Å²) in [5.41, 5.74) is 7.78. The third-order valence-electron chi connectivity index (χ3n) is 4.71. The number of para-hydroxylation sites is 1. The average molecular weight is 424 g/mol. The zero-order chi connectivity index (χ0) is 21.9. The van der Waals surface area contributed by atoms with Crippen LogP contribution in [0.25, 0.3) is 28.1 Å². The molecule has 3 aromatic carbocycles. The van der Waals surface area contributed by atoms with Gasteiger partial charge in [0.2, 0.25) is 5.82 Å². The number of nitrogens with one attached hydrogen (secondary N) is 3. The van der Waals surface area contributed by atoms with Gasteiger partial charge in [-0.25, -0.2) is 9.67 Å². The molecule has 0 aliphatic rings. The van der Waals surface area contributed by atoms with E-state index in [2.05, 4.69) is 36.3 Å². The molecule has 0 spiro atoms. The Labute approximate surface area is 181 Å². The maximum atomic E-state index is 12.7. The van der Waals surface area contributed by atoms with E-state index < -0.39 is 11.8 Å². The van der Waals surface area contributed by atoms with Crippen LogP contribution in [0.15, 0.2) is 78.9 Å². The van der Waals surface area contributed by atoms with Crippen LogP contribution in [0.4, 0.5) is 0 Å². The van der Waals surface area contributed by atoms with Gasteiger partial charge in [0.25, 0.3) is 5.91 Å². The Balaban J connectivity index is 1.38. The number of hydrogen-bond acceptors (Lipinski definition) is 6. The number of benzene rings is 3. The number of carbonyl (C=O) groups is 2. The maximum absolute atomic E-state index is 12.7. The van der Waals surface area contributed by atoms with Crippen molar-refractivity contribution in [1.29, 1.82) is 0 Å². The van der Waals surface area contributed by atoms with Crippen LogP contribution in [-0.2, 0) is 0 Å². The first kappa shape index (κ1) is 19.1. The van der Waals surface area contributed by atoms with Gasteiger partial charge in [-0.15, -0.1) is 5.10 Å². The second-order valence-electron chi connectivity index (χ2n) is 6.81. The Bertz CT molecular complexity index is 1350. The molecule has 0 saturated heterocycles. The molecule has 2 aromatic heterocycles. The number of hydrazine groups is 1. The van der Waals surface area contributed by atoms with Gasteiger partial charge in [0.15, 0.2) is 5.82 Å². The van der Waals surface area contributed by atoms with Gasteiger partial charge in [-0.05, 0) is 30.3 Å². The minimum atomic E-state index is -0.646. The van der Waals surface area contributed by atoms with Crippen molar-refractivity contribution in [2.45, 2.75) is 0 Å². The number of hydrogen-bond donors (Lipinski definition) is 3. The third kappa shape index (κ3) is 3.67. The standard InChI is InChI=1S/C22H16N8O2/c31-21(15-11-12-17-18(13-15)25-29-24-17)26-27-22(32)19-23-20(14-7-3-1-4-8-14)30(28-19)16-9-5-2-6-10-16/h1-13H,(H,26,31)(H,27,32)(H,24,25,29). The summed E-state index contributed by atoms with van der Waals surface area (Å²) in [6.45, 7) is 0. The number of aromatic nitrogens is 6. The summed E-state index contributed by atoms with van der Waals surface area (Å²) < 4.78 is 1.59. The van der Waals surface area contributed by atoms with Crippen molar-refractivity contribution in [3.63, 3.8) is 0 Å². The molecule has 5 aromatic rings. The second-order valence-corrected chi connectivity index (χ2v) is 6.81. The Morgan fingerprint density at radius 1 is 0.781 bits per heavy atom. The predicted molar refractivity (Wildman–Crippen MR) is 116 cm³/mol. The molecule has 0 atom stereocenters. The molecule has 5 rings (SSSR count). The van der Waals surface area contributed by atoms with Crippen LogP contribution >= 0.6 is 0 Å². The molecule has 0 fully saturated rings. The van der Waals surface area contributed by atoms with Gasteiger partial charge >= 0.3 is 5.91 Å². The van der Waals surface area contributed by atoms with E-state index in [4.69, 9.17) is 0 Å². The summed E-state index contributed by atoms with van der Waals surface area (Å²) in [5.74, 6) is -0.730. The van der Waals surface area contributed by atoms with Gasteiger partial charge < -0.3 is 0 Å². The fourth-order valence-electron chi connectivity index (χ4n) is 3.15. The van der Waals surface area contributed by atoms with Crippen LogP contribution in [-0.4, -0.2) is 42.0 Å². The number of aromatic amines is 1. The van der Waals surface area contributed by atoms with E-state index in [0.29, 0.717) is 22.4 Å². The normalized spacial score (nSPS) is 10.8. The topological polar surface area (TPSA) is 130 Å². The second kappa shape index (κ2) is 8.11. The first-order valence-corrected chi connectivity index (χ1v) is 9.68. The molecule has 10 nitrogen and oxygen atoms in total. The number of rotatable bonds is 4. The summed E-state index contributed by atoms with van der Waals surface area (Å²) in [4.78, 5) is 29.5. The maximum Gasteiger partial charge on any atom is 0.309 e. The van der Waals surface area contributed by atoms with Gasteiger partial charge in [-0.3, -0.25) is 20.4 Å². The van der Waals surface area contributed by atoms with Crippen molar-refractivity contribution in [2.75, 3.05) is 0 Å². The predicted octanol–water partition coefficient (Wildman–Crippen LogP) is 2.28. The van der Waals surface area contributed by atoms with Gasteiger partial charge in [0.1, 0.15) is 11.0 Å². The average Bonchev–Trinajstić information content (AvgIpc) is 3.50. The zero-order valence-corrected chi connectivity index (χ0v) is 16.6. The van der Waals surface area contributed by atoms with Crippen molar-refractivity contribution in [1.82, 2.24) is 41.0 Å². The summed E-state index contributed by atoms with van der Waals surface area (Å²) in [6.07, 6.45) is 0. The van der Waals surface area contributed by atoms with Crippen molar-refractivity contribution in [3.8, 4) is 17.1 Å². The highest BCUT2D eigenvalue weighted by atomic mass is 16.2. The monoisotopic (exact) mass is 424 g/mol. The summed E-state index contributed by atoms with van der Waals surface area (Å²) in [5, 5.41) is 14.7. The van der Waals surface area contributed by atoms with Gasteiger partial charge in [0.05, 0.1) is 5.69 Å². The smallest absolute Gasteiger partial charge is 0.267 e. The number of H-pyrrole nitrogens is 1. The van der Waals surface area contributed by atoms with E-state index in [-0.39, 0.29) is 5.82 Å². The first-order valence-electron chi connectivity index (χ1n) is 9.68. The fraction of sp³-hybridized carbons (Fsp3) is 0. The van der Waals surface area contributed by atoms with Crippen LogP contribution in [0, 0.1) is 0 Å². The summed E-state index contributed by atoms with van der Waals surface area (Å²) >= 11 is 0. The highest BCUT2D eigenvalue weighted by Crippen LogP contribution is 2.21. The fourth-order valence-corrected chi connectivity index (χ4v) is 3.15. The molecular weight excluding hydrogens is 408 g/mol. The molecule has 0 saturated carbocycles. The largest absolute Gasteiger partial charge is 0.309 e. The van der Waals surface area contributed by atoms with E-state index in [1.807, 2.05) is 60.7 Å². The summed E-state index contributed by atoms with van der Waals surface area (Å²) in [7, 11) is 0. The molecule has 10 heteroatoms. The van der Waals surface area contributed by atoms with Crippen LogP contribution in [0.5, 0.6) is 0 Å². The molecule has 3 N–H and O–H groups in total. The van der Waals surface area contributed by atoms with E-state index in [0.717, 1.165) is 11.3 Å². The van der Waals surface area contributed by atoms with Crippen molar-refractivity contribution >= 4 is 22.8 Å². The van der Waals surface area contributed by atoms with E-state index in [1.54, 1.807) is 22.9 Å². The molecule has 2 amide bonds. The van der Waals surface area contributed by atoms with E-state index in [9.17, 15) is 9.59 Å². The molecule has 2 heterocycles. The Hall–Kier alpha value is -4.86. The van der Waals surface area contributed by atoms with E-state index >= 15 is 0 Å². The van der Waals surface area contributed by atoms with Crippen LogP contribution in [0.1, 0.15) is 21.0 Å². The van der Waals surface area contributed by atoms with Crippen LogP contribution in [0.3, 0.4) is 0 Å². The third-order valence-corrected chi connectivity index (χ3v) is 4.71. The SMILES string of the molecule is O=C(NNC(=O)c1nc(-c2ccccc2)n(-c2ccccc2)n1)c1ccc2n[nH]nc2c1. The molecule has 0 bridgehead atoms. The number of fused-ring (bicyclic) bond motifs is 1. The molecule has 156 valence electrons. The highest BCUT2D eigenvalue weighted by Gasteiger charge is 2.19. The quantitative estimate of drug-likeness (QED) is 0.380. The minimum Gasteiger partial charge on any atom is -0.267 e. The van der Waals surface area contributed by atoms with Gasteiger partial charge in [0, 0.05) is 11.1 Å². The zero-order valence-electron chi connectivity index (χ0n) is 16.6. The van der Waals surface area contributed by atoms with Crippen LogP contribution in [0.2, 0.25) is 0 Å². The number of nitrogens with zero attached hydrogens (tertiary/aromatic N) is 5. The minimum absolute atomic E-state index is 0.0834. The lowest BCUT2D eigenvalue weighted by molar-refractivity contribution is 0.0841. The molecular formula is C22H16N8O2. The van der Waals surface area contributed by atoms with E-state index in [1.165, 1.54) is 0 Å². The summed E-state index contributed by atoms with van der Waals surface area (Å²) in [6, 6.07) is 23.6. The highest BCUT2D eigenvalue weighted by molar-refractivity contribution is 5.99. The Kier molecular flexibility index (Phi) is 4.85. The van der Waals surface area contributed by atoms with Crippen LogP contribution < -0.4 is 10.9 Å². The molecule has 0 aliphatic heterocycles. The molecule has 32 heavy (non-hydrogen) atoms. The van der Waals surface area contributed by atoms with Crippen molar-refractivity contribution in [2.24, 2.45) is 0 Å². The first-order chi connectivity index (χ1) is 15.7. The van der Waals surface area contributed by atoms with Gasteiger partial charge in [-0.2, -0.15) is 15.4 Å². The van der Waals surface area contributed by atoms with Crippen molar-refractivity contribution < 1.29 is 9.59 Å². The number of carbonyl (C=O) groups excluding carboxylic acids is 2. The lowest BCUT2D eigenvalue weighted by atomic mass is 10.2. The molecule has 0 radical (unpaired) electrons. The lowest BCUT2D eigenvalue weighted by Crippen LogP contribution is -2.42. The molecule has 0 unspecified atom stereocenters. The van der Waals surface area contributed by atoms with Gasteiger partial charge in [-0.1, -0.05) is 48.5 Å². The van der Waals surface area contributed by atoms with Crippen molar-refractivity contribution in [3.05, 3.63) is 90.3 Å².